The van der Waals surface area contributed by atoms with Crippen molar-refractivity contribution < 1.29 is 24.6 Å². The average Bonchev–Trinajstić information content (AvgIpc) is 1.67. The zero-order valence-corrected chi connectivity index (χ0v) is 64.0. The van der Waals surface area contributed by atoms with Crippen LogP contribution < -0.4 is 54.7 Å². The number of ketones is 2. The Morgan fingerprint density at radius 2 is 1.12 bits per heavy atom. The zero-order valence-electron chi connectivity index (χ0n) is 64.0. The van der Waals surface area contributed by atoms with E-state index in [0.717, 1.165) is 39.6 Å². The van der Waals surface area contributed by atoms with Crippen LogP contribution in [0.15, 0.2) is 215 Å². The summed E-state index contributed by atoms with van der Waals surface area (Å²) in [5.74, 6) is 5.32. The lowest BCUT2D eigenvalue weighted by molar-refractivity contribution is -0.118. The predicted octanol–water partition coefficient (Wildman–Crippen LogP) is 13.4. The van der Waals surface area contributed by atoms with E-state index >= 15 is 0 Å². The summed E-state index contributed by atoms with van der Waals surface area (Å²) in [6, 6.07) is 11.6. The van der Waals surface area contributed by atoms with Crippen molar-refractivity contribution >= 4 is 35.8 Å². The minimum atomic E-state index is -1.19. The van der Waals surface area contributed by atoms with Crippen LogP contribution in [0.5, 0.6) is 0 Å². The lowest BCUT2D eigenvalue weighted by Gasteiger charge is -2.12. The largest absolute Gasteiger partial charge is 0.511 e. The quantitative estimate of drug-likeness (QED) is 0.0410. The van der Waals surface area contributed by atoms with Crippen molar-refractivity contribution in [2.75, 3.05) is 0 Å². The second kappa shape index (κ2) is 47.3. The van der Waals surface area contributed by atoms with Gasteiger partial charge in [0.2, 0.25) is 5.56 Å². The summed E-state index contributed by atoms with van der Waals surface area (Å²) in [4.78, 5) is 105. The number of aliphatic hydroxyl groups excluding tert-OH is 1. The highest BCUT2D eigenvalue weighted by Crippen LogP contribution is 2.18. The van der Waals surface area contributed by atoms with Crippen LogP contribution in [-0.4, -0.2) is 79.9 Å². The van der Waals surface area contributed by atoms with Gasteiger partial charge in [0.25, 0.3) is 16.7 Å². The maximum absolute atomic E-state index is 11.5. The monoisotopic (exact) mass is 1440 g/mol. The molecule has 568 valence electrons. The molecule has 0 aromatic carbocycles. The van der Waals surface area contributed by atoms with Gasteiger partial charge in [-0.25, -0.2) is 24.7 Å². The number of allylic oxidation sites excluding steroid dienone is 7. The molecule has 25 heteroatoms. The molecule has 9 heterocycles. The van der Waals surface area contributed by atoms with Crippen LogP contribution in [0.2, 0.25) is 0 Å². The molecule has 10 N–H and O–H groups in total. The SMILES string of the molecule is C.C=C(O)Cn1c(C(C)C)n[nH]c1=O.C=C1C=C(C(C)C)C=CN1.C=C1C=NC(C(C)C)=CN1.C=C1N=C(C(C)C)NN1.C=C1N=CC(C(C)C)=CN1.CC(=O)Cn1cc(C(C)C)ccc1=O.CC(=O)Cn1ccc(C(C)C)cc1=O.CC(C)c1c[nH]c(=O)c(C(=O)O)c1.CC(C)c1ccc(=O)[nH]c1. The van der Waals surface area contributed by atoms with Gasteiger partial charge >= 0.3 is 11.7 Å². The molecular formula is C79H117N15O10. The highest BCUT2D eigenvalue weighted by molar-refractivity contribution is 5.87. The van der Waals surface area contributed by atoms with E-state index in [2.05, 4.69) is 190 Å². The van der Waals surface area contributed by atoms with Crippen LogP contribution in [0.3, 0.4) is 0 Å². The second-order valence-corrected chi connectivity index (χ2v) is 27.0. The number of hydrazine groups is 1. The number of dihydropyridines is 1. The van der Waals surface area contributed by atoms with Crippen molar-refractivity contribution in [2.45, 2.75) is 195 Å². The average molecular weight is 1440 g/mol. The number of aliphatic hydroxyl groups is 1. The van der Waals surface area contributed by atoms with Gasteiger partial charge in [0, 0.05) is 91.0 Å². The Hall–Kier alpha value is -11.0. The summed E-state index contributed by atoms with van der Waals surface area (Å²) in [6.45, 7) is 58.5. The van der Waals surface area contributed by atoms with Gasteiger partial charge < -0.3 is 45.3 Å². The van der Waals surface area contributed by atoms with Gasteiger partial charge in [0.15, 0.2) is 0 Å². The molecule has 4 aliphatic rings. The summed E-state index contributed by atoms with van der Waals surface area (Å²) in [5, 5.41) is 32.8. The Balaban J connectivity index is 0.00000115. The van der Waals surface area contributed by atoms with Gasteiger partial charge in [-0.15, -0.1) is 0 Å². The Bertz CT molecular complexity index is 4160. The molecule has 0 saturated heterocycles. The van der Waals surface area contributed by atoms with Crippen LogP contribution in [0, 0.1) is 23.7 Å². The molecule has 4 aliphatic heterocycles. The van der Waals surface area contributed by atoms with Gasteiger partial charge in [0.1, 0.15) is 46.2 Å². The number of aliphatic imine (C=N–C) groups is 3. The lowest BCUT2D eigenvalue weighted by Crippen LogP contribution is -2.31. The standard InChI is InChI=1S/2C11H15NO2.C9H11NO3.C9H13N.C8H13N3O2.2C8H12N2.C8H11NO.C6H11N3.CH4/c1-8(2)10-4-5-12(7-9(3)13)11(14)6-10;1-8(2)10-4-5-11(14)12(7-10)6-9(3)13;1-5(2)6-3-7(9(12)13)8(11)10-4-6;1-7(2)9-4-5-10-8(3)6-9;1-5(2)7-9-10-8(13)11(7)4-6(3)12;1-6(2)8-4-9-7(3)10-5-8;1-6(2)8-5-9-7(3)4-10-8;1-6(2)7-3-4-8(10)9-5-7;1-4(2)6-7-5(3)8-9-6;/h4-6,8H,7H2,1-3H3;4-5,7-8H,6H2,1-3H3;3-5H,1-2H3,(H,10,11)(H,12,13);4-7,10H,3H2,1-2H3;5,12H,3-4H2,1-2H3,(H,10,13);2*4-6,9H,3H2,1-2H3;3-6H,1-2H3,(H,9,10);4,8H,3H2,1-2H3,(H,7,9);1H4. The van der Waals surface area contributed by atoms with Crippen molar-refractivity contribution in [3.8, 4) is 0 Å². The molecule has 0 atom stereocenters. The Kier molecular flexibility index (Phi) is 42.3. The number of Topliss-reactive ketones (excluding diaryl/α,β-unsaturated/α-hetero) is 2. The van der Waals surface area contributed by atoms with Crippen LogP contribution in [0.4, 0.5) is 0 Å². The Morgan fingerprint density at radius 3 is 1.53 bits per heavy atom. The first-order valence-electron chi connectivity index (χ1n) is 34.1. The van der Waals surface area contributed by atoms with E-state index in [1.54, 1.807) is 43.1 Å². The molecule has 25 nitrogen and oxygen atoms in total. The number of aromatic carboxylic acids is 1. The summed E-state index contributed by atoms with van der Waals surface area (Å²) in [6.07, 6.45) is 20.3. The number of aromatic nitrogens is 7. The third kappa shape index (κ3) is 36.6. The number of aromatic amines is 3. The fourth-order valence-corrected chi connectivity index (χ4v) is 8.31. The van der Waals surface area contributed by atoms with Crippen molar-refractivity contribution in [3.63, 3.8) is 0 Å². The molecule has 9 rings (SSSR count). The highest BCUT2D eigenvalue weighted by Gasteiger charge is 2.14. The number of carbonyl (C=O) groups excluding carboxylic acids is 2. The predicted molar refractivity (Wildman–Crippen MR) is 425 cm³/mol. The van der Waals surface area contributed by atoms with E-state index in [4.69, 9.17) is 10.2 Å². The van der Waals surface area contributed by atoms with Crippen molar-refractivity contribution in [1.82, 2.24) is 60.7 Å². The first-order valence-corrected chi connectivity index (χ1v) is 34.1. The van der Waals surface area contributed by atoms with Crippen molar-refractivity contribution in [2.24, 2.45) is 38.6 Å². The number of carboxylic acid groups (broad SMARTS) is 1. The first kappa shape index (κ1) is 93.0. The number of carboxylic acids is 1. The maximum Gasteiger partial charge on any atom is 0.343 e. The van der Waals surface area contributed by atoms with E-state index in [9.17, 15) is 38.4 Å². The van der Waals surface area contributed by atoms with E-state index in [1.165, 1.54) is 56.4 Å². The maximum atomic E-state index is 11.5. The number of pyridine rings is 4. The fraction of sp³-hybridized carbons (Fsp3) is 0.418. The van der Waals surface area contributed by atoms with Gasteiger partial charge in [0.05, 0.1) is 31.5 Å². The molecule has 0 saturated carbocycles. The van der Waals surface area contributed by atoms with Gasteiger partial charge in [-0.05, 0) is 113 Å². The fourth-order valence-electron chi connectivity index (χ4n) is 8.31. The summed E-state index contributed by atoms with van der Waals surface area (Å²) < 4.78 is 4.25. The molecular weight excluding hydrogens is 1320 g/mol. The molecule has 0 fully saturated rings. The molecule has 0 spiro atoms. The molecule has 0 bridgehead atoms. The molecule has 0 unspecified atom stereocenters. The van der Waals surface area contributed by atoms with Crippen molar-refractivity contribution in [3.05, 3.63) is 262 Å². The number of amidine groups is 1. The summed E-state index contributed by atoms with van der Waals surface area (Å²) >= 11 is 0. The summed E-state index contributed by atoms with van der Waals surface area (Å²) in [5.41, 5.74) is 13.9. The smallest absolute Gasteiger partial charge is 0.343 e. The first-order chi connectivity index (χ1) is 48.0. The minimum Gasteiger partial charge on any atom is -0.511 e. The van der Waals surface area contributed by atoms with Crippen molar-refractivity contribution in [1.29, 1.82) is 0 Å². The minimum absolute atomic E-state index is 0. The number of nitrogens with zero attached hydrogens (tertiary/aromatic N) is 7. The van der Waals surface area contributed by atoms with Crippen LogP contribution in [-0.2, 0) is 29.2 Å². The third-order valence-corrected chi connectivity index (χ3v) is 14.6. The van der Waals surface area contributed by atoms with Crippen LogP contribution >= 0.6 is 0 Å². The molecule has 104 heavy (non-hydrogen) atoms. The van der Waals surface area contributed by atoms with E-state index in [0.29, 0.717) is 58.9 Å². The molecule has 0 amide bonds. The lowest BCUT2D eigenvalue weighted by atomic mass is 10.0. The number of hydrogen-bond acceptors (Lipinski definition) is 18. The van der Waals surface area contributed by atoms with E-state index in [1.807, 2.05) is 84.6 Å². The van der Waals surface area contributed by atoms with Gasteiger partial charge in [-0.2, -0.15) is 5.10 Å². The number of rotatable bonds is 16. The van der Waals surface area contributed by atoms with Gasteiger partial charge in [-0.1, -0.05) is 177 Å². The molecule has 5 aromatic rings. The Morgan fingerprint density at radius 1 is 0.538 bits per heavy atom. The number of hydrogen-bond donors (Lipinski definition) is 10. The molecule has 0 aliphatic carbocycles. The number of nitrogens with one attached hydrogen (secondary N) is 8. The van der Waals surface area contributed by atoms with E-state index < -0.39 is 11.5 Å². The van der Waals surface area contributed by atoms with Gasteiger partial charge in [-0.3, -0.25) is 49.2 Å². The highest BCUT2D eigenvalue weighted by atomic mass is 16.4. The number of H-pyrrole nitrogens is 3. The molecule has 0 radical (unpaired) electrons. The second-order valence-electron chi connectivity index (χ2n) is 27.0. The third-order valence-electron chi connectivity index (χ3n) is 14.6. The zero-order chi connectivity index (χ0) is 78.5. The van der Waals surface area contributed by atoms with Crippen LogP contribution in [0.1, 0.15) is 214 Å². The Labute approximate surface area is 614 Å². The topological polar surface area (TPSA) is 349 Å². The molecule has 5 aromatic heterocycles. The van der Waals surface area contributed by atoms with E-state index in [-0.39, 0.29) is 84.2 Å². The number of carbonyl (C=O) groups is 3. The van der Waals surface area contributed by atoms with Crippen LogP contribution in [0.25, 0.3) is 0 Å². The summed E-state index contributed by atoms with van der Waals surface area (Å²) in [7, 11) is 0. The normalized spacial score (nSPS) is 12.9.